The quantitative estimate of drug-likeness (QED) is 0.468. The van der Waals surface area contributed by atoms with Crippen LogP contribution in [0.5, 0.6) is 0 Å². The maximum absolute atomic E-state index is 0. The zero-order chi connectivity index (χ0) is 0. The van der Waals surface area contributed by atoms with Gasteiger partial charge in [-0.3, -0.25) is 0 Å². The van der Waals surface area contributed by atoms with Crippen molar-refractivity contribution in [2.45, 2.75) is 0 Å². The molecule has 0 unspecified atom stereocenters. The van der Waals surface area contributed by atoms with Gasteiger partial charge in [0.05, 0.1) is 0 Å². The maximum Gasteiger partial charge on any atom is 0 e. The van der Waals surface area contributed by atoms with Crippen molar-refractivity contribution in [2.24, 2.45) is 0 Å². The molecular formula is Al4U. The number of rotatable bonds is 0. The molecule has 0 aromatic heterocycles. The minimum absolute atomic E-state index is 0. The summed E-state index contributed by atoms with van der Waals surface area (Å²) in [4.78, 5) is 0. The molecule has 0 aliphatic carbocycles. The predicted molar refractivity (Wildman–Crippen MR) is 23.0 cm³/mol. The van der Waals surface area contributed by atoms with E-state index in [1.807, 2.05) is 0 Å². The Labute approximate surface area is 98.7 Å². The van der Waals surface area contributed by atoms with Gasteiger partial charge in [-0.25, -0.2) is 0 Å². The summed E-state index contributed by atoms with van der Waals surface area (Å²) in [5.74, 6) is 0. The first kappa shape index (κ1) is 41.7. The van der Waals surface area contributed by atoms with Crippen molar-refractivity contribution >= 4 is 69.4 Å². The van der Waals surface area contributed by atoms with Crippen LogP contribution in [0.1, 0.15) is 0 Å². The van der Waals surface area contributed by atoms with E-state index in [1.54, 1.807) is 0 Å². The van der Waals surface area contributed by atoms with E-state index in [0.717, 1.165) is 0 Å². The Bertz CT molecular complexity index is 3.61. The second-order valence-electron chi connectivity index (χ2n) is 0. The first-order chi connectivity index (χ1) is 0. The summed E-state index contributed by atoms with van der Waals surface area (Å²) < 4.78 is 0. The van der Waals surface area contributed by atoms with Gasteiger partial charge in [0.1, 0.15) is 0 Å². The molecule has 0 saturated carbocycles. The first-order valence-corrected chi connectivity index (χ1v) is 0. The van der Waals surface area contributed by atoms with Gasteiger partial charge in [-0.2, -0.15) is 0 Å². The molecule has 0 aromatic rings. The Morgan fingerprint density at radius 1 is 0.400 bits per heavy atom. The summed E-state index contributed by atoms with van der Waals surface area (Å²) in [7, 11) is 0. The topological polar surface area (TPSA) is 0 Å². The van der Waals surface area contributed by atoms with Crippen LogP contribution in [0.2, 0.25) is 0 Å². The minimum atomic E-state index is 0. The fraction of sp³-hybridized carbons (Fsp3) is 0. The molecular weight excluding hydrogens is 346 g/mol. The fourth-order valence-corrected chi connectivity index (χ4v) is 0. The van der Waals surface area contributed by atoms with E-state index in [2.05, 4.69) is 0 Å². The van der Waals surface area contributed by atoms with Gasteiger partial charge in [0.2, 0.25) is 0 Å². The van der Waals surface area contributed by atoms with Gasteiger partial charge < -0.3 is 0 Å². The zero-order valence-corrected chi connectivity index (χ0v) is 11.6. The summed E-state index contributed by atoms with van der Waals surface area (Å²) in [6.45, 7) is 0. The van der Waals surface area contributed by atoms with Crippen molar-refractivity contribution in [1.29, 1.82) is 0 Å². The first-order valence-electron chi connectivity index (χ1n) is 0. The largest absolute Gasteiger partial charge is 0 e. The van der Waals surface area contributed by atoms with Gasteiger partial charge in [-0.1, -0.05) is 0 Å². The molecule has 0 bridgehead atoms. The molecule has 0 amide bonds. The van der Waals surface area contributed by atoms with Crippen molar-refractivity contribution in [2.75, 3.05) is 0 Å². The van der Waals surface area contributed by atoms with E-state index in [9.17, 15) is 0 Å². The molecule has 12 radical (unpaired) electrons. The van der Waals surface area contributed by atoms with Crippen molar-refractivity contribution in [3.63, 3.8) is 0 Å². The molecule has 0 aromatic carbocycles. The molecule has 5 heavy (non-hydrogen) atoms. The molecule has 5 heteroatoms. The van der Waals surface area contributed by atoms with Gasteiger partial charge in [0.25, 0.3) is 0 Å². The van der Waals surface area contributed by atoms with Crippen molar-refractivity contribution in [3.05, 3.63) is 0 Å². The summed E-state index contributed by atoms with van der Waals surface area (Å²) >= 11 is 0. The van der Waals surface area contributed by atoms with E-state index < -0.39 is 0 Å². The van der Waals surface area contributed by atoms with Crippen LogP contribution in [-0.2, 0) is 0 Å². The monoisotopic (exact) mass is 346 g/mol. The maximum atomic E-state index is 0. The van der Waals surface area contributed by atoms with Crippen LogP contribution in [0.25, 0.3) is 0 Å². The van der Waals surface area contributed by atoms with Crippen molar-refractivity contribution in [3.8, 4) is 0 Å². The van der Waals surface area contributed by atoms with Crippen LogP contribution < -0.4 is 0 Å². The molecule has 16 valence electrons. The van der Waals surface area contributed by atoms with Crippen LogP contribution in [0, 0.1) is 31.1 Å². The van der Waals surface area contributed by atoms with Gasteiger partial charge in [-0.05, 0) is 0 Å². The fourth-order valence-electron chi connectivity index (χ4n) is 0. The molecule has 0 aliphatic heterocycles. The van der Waals surface area contributed by atoms with E-state index in [4.69, 9.17) is 0 Å². The van der Waals surface area contributed by atoms with Crippen molar-refractivity contribution < 1.29 is 31.1 Å². The molecule has 0 aliphatic rings. The summed E-state index contributed by atoms with van der Waals surface area (Å²) in [5, 5.41) is 0. The molecule has 0 N–H and O–H groups in total. The molecule has 0 heterocycles. The zero-order valence-electron chi connectivity index (χ0n) is 2.81. The molecule has 0 saturated heterocycles. The third-order valence-corrected chi connectivity index (χ3v) is 0. The third-order valence-electron chi connectivity index (χ3n) is 0. The Morgan fingerprint density at radius 3 is 0.400 bits per heavy atom. The molecule has 0 rings (SSSR count). The second-order valence-corrected chi connectivity index (χ2v) is 0. The van der Waals surface area contributed by atoms with E-state index >= 15 is 0 Å². The number of hydrogen-bond donors (Lipinski definition) is 0. The SMILES string of the molecule is [Al].[Al].[Al].[Al].[U]. The summed E-state index contributed by atoms with van der Waals surface area (Å²) in [5.41, 5.74) is 0. The molecule has 0 fully saturated rings. The number of hydrogen-bond acceptors (Lipinski definition) is 0. The van der Waals surface area contributed by atoms with Crippen LogP contribution >= 0.6 is 0 Å². The molecule has 0 nitrogen and oxygen atoms in total. The van der Waals surface area contributed by atoms with Gasteiger partial charge in [-0.15, -0.1) is 0 Å². The summed E-state index contributed by atoms with van der Waals surface area (Å²) in [6.07, 6.45) is 0. The van der Waals surface area contributed by atoms with Crippen LogP contribution in [0.3, 0.4) is 0 Å². The van der Waals surface area contributed by atoms with Crippen LogP contribution in [0.15, 0.2) is 0 Å². The Balaban J connectivity index is 0. The standard InChI is InChI=1S/4Al.U. The van der Waals surface area contributed by atoms with Crippen LogP contribution in [-0.4, -0.2) is 69.4 Å². The Kier molecular flexibility index (Phi) is 226. The average molecular weight is 346 g/mol. The predicted octanol–water partition coefficient (Wildman–Crippen LogP) is -1.52. The van der Waals surface area contributed by atoms with E-state index in [1.165, 1.54) is 0 Å². The van der Waals surface area contributed by atoms with Crippen LogP contribution in [0.4, 0.5) is 0 Å². The minimum Gasteiger partial charge on any atom is 0 e. The normalized spacial score (nSPS) is 0. The van der Waals surface area contributed by atoms with Gasteiger partial charge >= 0.3 is 0 Å². The van der Waals surface area contributed by atoms with Gasteiger partial charge in [0.15, 0.2) is 0 Å². The molecule has 0 atom stereocenters. The summed E-state index contributed by atoms with van der Waals surface area (Å²) in [6, 6.07) is 0. The second kappa shape index (κ2) is 27.1. The van der Waals surface area contributed by atoms with E-state index in [-0.39, 0.29) is 101 Å². The smallest absolute Gasteiger partial charge is 0 e. The average Bonchev–Trinajstić information content (AvgIpc) is 0. The van der Waals surface area contributed by atoms with Gasteiger partial charge in [0, 0.05) is 101 Å². The Morgan fingerprint density at radius 2 is 0.400 bits per heavy atom. The van der Waals surface area contributed by atoms with E-state index in [0.29, 0.717) is 0 Å². The molecule has 0 spiro atoms. The third kappa shape index (κ3) is 19.0. The van der Waals surface area contributed by atoms with Crippen molar-refractivity contribution in [1.82, 2.24) is 0 Å². The Hall–Kier alpha value is 3.18.